The Morgan fingerprint density at radius 2 is 2.12 bits per heavy atom. The smallest absolute Gasteiger partial charge is 0.262 e. The summed E-state index contributed by atoms with van der Waals surface area (Å²) < 4.78 is 1.72. The van der Waals surface area contributed by atoms with Crippen molar-refractivity contribution in [3.63, 3.8) is 0 Å². The summed E-state index contributed by atoms with van der Waals surface area (Å²) >= 11 is 1.35. The van der Waals surface area contributed by atoms with Gasteiger partial charge in [-0.05, 0) is 43.2 Å². The van der Waals surface area contributed by atoms with Gasteiger partial charge >= 0.3 is 0 Å². The largest absolute Gasteiger partial charge is 0.355 e. The van der Waals surface area contributed by atoms with Gasteiger partial charge in [-0.25, -0.2) is 4.98 Å². The van der Waals surface area contributed by atoms with Crippen molar-refractivity contribution in [3.05, 3.63) is 34.6 Å². The number of hydrogen-bond donors (Lipinski definition) is 1. The number of fused-ring (bicyclic) bond motifs is 1. The van der Waals surface area contributed by atoms with Crippen molar-refractivity contribution in [2.24, 2.45) is 11.8 Å². The minimum atomic E-state index is -0.0212. The van der Waals surface area contributed by atoms with Gasteiger partial charge in [0.2, 0.25) is 5.91 Å². The lowest BCUT2D eigenvalue weighted by atomic mass is 10.1. The molecular formula is C19H25N3O2S. The predicted octanol–water partition coefficient (Wildman–Crippen LogP) is 3.06. The highest BCUT2D eigenvalue weighted by Gasteiger charge is 2.21. The number of amides is 1. The first-order chi connectivity index (χ1) is 12.0. The van der Waals surface area contributed by atoms with Crippen molar-refractivity contribution in [2.75, 3.05) is 12.3 Å². The molecule has 2 aromatic rings. The normalized spacial score (nSPS) is 14.2. The topological polar surface area (TPSA) is 64.0 Å². The molecule has 134 valence electrons. The first kappa shape index (κ1) is 18.0. The van der Waals surface area contributed by atoms with Gasteiger partial charge in [0.1, 0.15) is 0 Å². The standard InChI is InChI=1S/C19H25N3O2S/c1-13(2)9-10-22-18(24)15-5-3-4-6-16(15)21-19(22)25-12-17(23)20-11-14-7-8-14/h3-6,13-14H,7-12H2,1-2H3,(H,20,23). The monoisotopic (exact) mass is 359 g/mol. The van der Waals surface area contributed by atoms with Crippen LogP contribution in [0.5, 0.6) is 0 Å². The summed E-state index contributed by atoms with van der Waals surface area (Å²) in [7, 11) is 0. The van der Waals surface area contributed by atoms with Crippen LogP contribution in [0.1, 0.15) is 33.1 Å². The number of thioether (sulfide) groups is 1. The van der Waals surface area contributed by atoms with E-state index in [9.17, 15) is 9.59 Å². The van der Waals surface area contributed by atoms with Crippen molar-refractivity contribution in [1.82, 2.24) is 14.9 Å². The van der Waals surface area contributed by atoms with E-state index in [1.165, 1.54) is 24.6 Å². The summed E-state index contributed by atoms with van der Waals surface area (Å²) in [4.78, 5) is 29.5. The molecule has 1 aromatic heterocycles. The van der Waals surface area contributed by atoms with E-state index < -0.39 is 0 Å². The van der Waals surface area contributed by atoms with Gasteiger partial charge in [0, 0.05) is 13.1 Å². The Kier molecular flexibility index (Phi) is 5.78. The highest BCUT2D eigenvalue weighted by molar-refractivity contribution is 7.99. The molecule has 1 amide bonds. The number of para-hydroxylation sites is 1. The van der Waals surface area contributed by atoms with Crippen LogP contribution >= 0.6 is 11.8 Å². The molecule has 1 N–H and O–H groups in total. The highest BCUT2D eigenvalue weighted by Crippen LogP contribution is 2.27. The van der Waals surface area contributed by atoms with Crippen LogP contribution in [0, 0.1) is 11.8 Å². The molecule has 3 rings (SSSR count). The summed E-state index contributed by atoms with van der Waals surface area (Å²) in [6.07, 6.45) is 3.34. The lowest BCUT2D eigenvalue weighted by molar-refractivity contribution is -0.118. The molecule has 1 heterocycles. The summed E-state index contributed by atoms with van der Waals surface area (Å²) in [5, 5.41) is 4.23. The molecule has 0 bridgehead atoms. The molecule has 1 saturated carbocycles. The van der Waals surface area contributed by atoms with Crippen molar-refractivity contribution in [3.8, 4) is 0 Å². The lowest BCUT2D eigenvalue weighted by Crippen LogP contribution is -2.28. The summed E-state index contributed by atoms with van der Waals surface area (Å²) in [5.74, 6) is 1.46. The number of hydrogen-bond acceptors (Lipinski definition) is 4. The molecule has 0 unspecified atom stereocenters. The van der Waals surface area contributed by atoms with Crippen LogP contribution in [0.25, 0.3) is 10.9 Å². The number of nitrogens with zero attached hydrogens (tertiary/aromatic N) is 2. The van der Waals surface area contributed by atoms with E-state index in [0.717, 1.165) is 13.0 Å². The molecule has 5 nitrogen and oxygen atoms in total. The Bertz CT molecular complexity index is 812. The Balaban J connectivity index is 1.79. The SMILES string of the molecule is CC(C)CCn1c(SCC(=O)NCC2CC2)nc2ccccc2c1=O. The van der Waals surface area contributed by atoms with Gasteiger partial charge in [0.05, 0.1) is 16.7 Å². The minimum absolute atomic E-state index is 0.00900. The second kappa shape index (κ2) is 8.04. The van der Waals surface area contributed by atoms with Gasteiger partial charge in [-0.2, -0.15) is 0 Å². The van der Waals surface area contributed by atoms with Crippen molar-refractivity contribution in [1.29, 1.82) is 0 Å². The van der Waals surface area contributed by atoms with E-state index in [1.54, 1.807) is 4.57 Å². The Hall–Kier alpha value is -1.82. The molecule has 0 spiro atoms. The maximum atomic E-state index is 12.8. The summed E-state index contributed by atoms with van der Waals surface area (Å²) in [6.45, 7) is 5.67. The molecule has 1 aliphatic carbocycles. The number of carbonyl (C=O) groups is 1. The van der Waals surface area contributed by atoms with Crippen LogP contribution in [0.4, 0.5) is 0 Å². The number of rotatable bonds is 8. The fourth-order valence-electron chi connectivity index (χ4n) is 2.60. The number of carbonyl (C=O) groups excluding carboxylic acids is 1. The molecule has 0 atom stereocenters. The quantitative estimate of drug-likeness (QED) is 0.581. The zero-order valence-corrected chi connectivity index (χ0v) is 15.6. The fourth-order valence-corrected chi connectivity index (χ4v) is 3.46. The lowest BCUT2D eigenvalue weighted by Gasteiger charge is -2.14. The average molecular weight is 359 g/mol. The fraction of sp³-hybridized carbons (Fsp3) is 0.526. The van der Waals surface area contributed by atoms with E-state index in [0.29, 0.717) is 40.2 Å². The zero-order chi connectivity index (χ0) is 17.8. The van der Waals surface area contributed by atoms with Crippen molar-refractivity contribution < 1.29 is 4.79 Å². The maximum absolute atomic E-state index is 12.8. The van der Waals surface area contributed by atoms with Crippen LogP contribution in [0.3, 0.4) is 0 Å². The van der Waals surface area contributed by atoms with Crippen molar-refractivity contribution in [2.45, 2.75) is 44.8 Å². The van der Waals surface area contributed by atoms with Crippen molar-refractivity contribution >= 4 is 28.6 Å². The van der Waals surface area contributed by atoms with Gasteiger partial charge in [-0.1, -0.05) is 37.7 Å². The Morgan fingerprint density at radius 1 is 1.36 bits per heavy atom. The molecule has 25 heavy (non-hydrogen) atoms. The van der Waals surface area contributed by atoms with Gasteiger partial charge in [0.15, 0.2) is 5.16 Å². The number of nitrogens with one attached hydrogen (secondary N) is 1. The van der Waals surface area contributed by atoms with Crippen LogP contribution in [-0.2, 0) is 11.3 Å². The Labute approximate surface area is 152 Å². The molecule has 6 heteroatoms. The molecular weight excluding hydrogens is 334 g/mol. The number of benzene rings is 1. The first-order valence-electron chi connectivity index (χ1n) is 8.93. The molecule has 1 fully saturated rings. The summed E-state index contributed by atoms with van der Waals surface area (Å²) in [5.41, 5.74) is 0.668. The van der Waals surface area contributed by atoms with Gasteiger partial charge in [-0.3, -0.25) is 14.2 Å². The second-order valence-corrected chi connectivity index (χ2v) is 8.03. The zero-order valence-electron chi connectivity index (χ0n) is 14.8. The van der Waals surface area contributed by atoms with Gasteiger partial charge in [0.25, 0.3) is 5.56 Å². The van der Waals surface area contributed by atoms with E-state index in [1.807, 2.05) is 24.3 Å². The molecule has 0 radical (unpaired) electrons. The molecule has 0 aliphatic heterocycles. The predicted molar refractivity (Wildman–Crippen MR) is 102 cm³/mol. The minimum Gasteiger partial charge on any atom is -0.355 e. The van der Waals surface area contributed by atoms with Crippen LogP contribution in [0.2, 0.25) is 0 Å². The Morgan fingerprint density at radius 3 is 2.84 bits per heavy atom. The van der Waals surface area contributed by atoms with Crippen LogP contribution in [-0.4, -0.2) is 27.8 Å². The highest BCUT2D eigenvalue weighted by atomic mass is 32.2. The molecule has 1 aromatic carbocycles. The van der Waals surface area contributed by atoms with Gasteiger partial charge < -0.3 is 5.32 Å². The molecule has 0 saturated heterocycles. The van der Waals surface area contributed by atoms with E-state index in [4.69, 9.17) is 0 Å². The third kappa shape index (κ3) is 4.84. The van der Waals surface area contributed by atoms with E-state index in [-0.39, 0.29) is 11.5 Å². The summed E-state index contributed by atoms with van der Waals surface area (Å²) in [6, 6.07) is 7.40. The third-order valence-corrected chi connectivity index (χ3v) is 5.35. The van der Waals surface area contributed by atoms with Gasteiger partial charge in [-0.15, -0.1) is 0 Å². The van der Waals surface area contributed by atoms with E-state index >= 15 is 0 Å². The average Bonchev–Trinajstić information content (AvgIpc) is 3.41. The van der Waals surface area contributed by atoms with Crippen LogP contribution < -0.4 is 10.9 Å². The van der Waals surface area contributed by atoms with E-state index in [2.05, 4.69) is 24.1 Å². The molecule has 1 aliphatic rings. The second-order valence-electron chi connectivity index (χ2n) is 7.09. The van der Waals surface area contributed by atoms with Crippen LogP contribution in [0.15, 0.2) is 34.2 Å². The third-order valence-electron chi connectivity index (χ3n) is 4.37. The first-order valence-corrected chi connectivity index (χ1v) is 9.92. The number of aromatic nitrogens is 2. The maximum Gasteiger partial charge on any atom is 0.262 e.